The Morgan fingerprint density at radius 3 is 2.56 bits per heavy atom. The molecule has 0 bridgehead atoms. The van der Waals surface area contributed by atoms with Crippen molar-refractivity contribution in [3.8, 4) is 11.5 Å². The first-order valence-electron chi connectivity index (χ1n) is 7.15. The van der Waals surface area contributed by atoms with Crippen LogP contribution in [0.4, 0.5) is 0 Å². The SMILES string of the molecule is COc1cc(OC)c(/C=N\NC(=O)CSc2ccc(Cl)cc2)cc1Br. The molecule has 0 atom stereocenters. The van der Waals surface area contributed by atoms with Gasteiger partial charge in [-0.05, 0) is 46.3 Å². The number of hydrazone groups is 1. The van der Waals surface area contributed by atoms with Crippen LogP contribution in [0.25, 0.3) is 0 Å². The fourth-order valence-corrected chi connectivity index (χ4v) is 3.21. The fourth-order valence-electron chi connectivity index (χ4n) is 1.87. The average molecular weight is 444 g/mol. The first-order valence-corrected chi connectivity index (χ1v) is 9.31. The Kier molecular flexibility index (Phi) is 7.61. The molecule has 0 aromatic heterocycles. The van der Waals surface area contributed by atoms with Crippen LogP contribution < -0.4 is 14.9 Å². The zero-order chi connectivity index (χ0) is 18.2. The van der Waals surface area contributed by atoms with Gasteiger partial charge >= 0.3 is 0 Å². The van der Waals surface area contributed by atoms with E-state index >= 15 is 0 Å². The second-order valence-electron chi connectivity index (χ2n) is 4.76. The number of nitrogens with one attached hydrogen (secondary N) is 1. The Hall–Kier alpha value is -1.70. The maximum Gasteiger partial charge on any atom is 0.250 e. The maximum absolute atomic E-state index is 11.9. The summed E-state index contributed by atoms with van der Waals surface area (Å²) >= 11 is 10.6. The van der Waals surface area contributed by atoms with Crippen molar-refractivity contribution < 1.29 is 14.3 Å². The molecule has 0 spiro atoms. The predicted octanol–water partition coefficient (Wildman–Crippen LogP) is 4.36. The maximum atomic E-state index is 11.9. The van der Waals surface area contributed by atoms with Gasteiger partial charge in [0.1, 0.15) is 11.5 Å². The lowest BCUT2D eigenvalue weighted by molar-refractivity contribution is -0.118. The molecule has 1 N–H and O–H groups in total. The Labute approximate surface area is 163 Å². The molecular formula is C17H16BrClN2O3S. The summed E-state index contributed by atoms with van der Waals surface area (Å²) in [5.41, 5.74) is 3.20. The molecule has 0 aliphatic carbocycles. The molecule has 0 fully saturated rings. The number of hydrogen-bond donors (Lipinski definition) is 1. The van der Waals surface area contributed by atoms with E-state index in [0.717, 1.165) is 9.37 Å². The molecule has 0 aliphatic heterocycles. The van der Waals surface area contributed by atoms with Gasteiger partial charge in [0.25, 0.3) is 0 Å². The second-order valence-corrected chi connectivity index (χ2v) is 7.10. The molecule has 0 saturated carbocycles. The van der Waals surface area contributed by atoms with Crippen LogP contribution in [-0.4, -0.2) is 32.1 Å². The van der Waals surface area contributed by atoms with Gasteiger partial charge in [-0.2, -0.15) is 5.10 Å². The number of carbonyl (C=O) groups is 1. The van der Waals surface area contributed by atoms with Crippen molar-refractivity contribution in [2.45, 2.75) is 4.90 Å². The van der Waals surface area contributed by atoms with Crippen LogP contribution in [0.5, 0.6) is 11.5 Å². The van der Waals surface area contributed by atoms with Crippen molar-refractivity contribution in [1.82, 2.24) is 5.43 Å². The normalized spacial score (nSPS) is 10.7. The third-order valence-electron chi connectivity index (χ3n) is 3.08. The van der Waals surface area contributed by atoms with Crippen molar-refractivity contribution in [2.24, 2.45) is 5.10 Å². The molecule has 5 nitrogen and oxygen atoms in total. The molecule has 0 saturated heterocycles. The van der Waals surface area contributed by atoms with E-state index < -0.39 is 0 Å². The highest BCUT2D eigenvalue weighted by molar-refractivity contribution is 9.10. The smallest absolute Gasteiger partial charge is 0.250 e. The average Bonchev–Trinajstić information content (AvgIpc) is 2.61. The van der Waals surface area contributed by atoms with Crippen LogP contribution >= 0.6 is 39.3 Å². The third kappa shape index (κ3) is 5.95. The van der Waals surface area contributed by atoms with Gasteiger partial charge in [-0.3, -0.25) is 4.79 Å². The first kappa shape index (κ1) is 19.6. The Bertz CT molecular complexity index is 769. The van der Waals surface area contributed by atoms with E-state index in [4.69, 9.17) is 21.1 Å². The largest absolute Gasteiger partial charge is 0.496 e. The topological polar surface area (TPSA) is 59.9 Å². The van der Waals surface area contributed by atoms with Crippen molar-refractivity contribution in [3.05, 3.63) is 51.5 Å². The number of halogens is 2. The summed E-state index contributed by atoms with van der Waals surface area (Å²) < 4.78 is 11.3. The summed E-state index contributed by atoms with van der Waals surface area (Å²) in [6.45, 7) is 0. The quantitative estimate of drug-likeness (QED) is 0.392. The minimum atomic E-state index is -0.206. The number of amides is 1. The molecule has 0 heterocycles. The number of methoxy groups -OCH3 is 2. The summed E-state index contributed by atoms with van der Waals surface area (Å²) in [7, 11) is 3.13. The molecule has 2 rings (SSSR count). The number of benzene rings is 2. The number of ether oxygens (including phenoxy) is 2. The lowest BCUT2D eigenvalue weighted by Crippen LogP contribution is -2.19. The van der Waals surface area contributed by atoms with Gasteiger partial charge in [-0.15, -0.1) is 11.8 Å². The van der Waals surface area contributed by atoms with Crippen LogP contribution in [0.1, 0.15) is 5.56 Å². The lowest BCUT2D eigenvalue weighted by atomic mass is 10.2. The van der Waals surface area contributed by atoms with Crippen molar-refractivity contribution in [3.63, 3.8) is 0 Å². The van der Waals surface area contributed by atoms with Crippen LogP contribution in [0.3, 0.4) is 0 Å². The summed E-state index contributed by atoms with van der Waals surface area (Å²) in [6.07, 6.45) is 1.52. The highest BCUT2D eigenvalue weighted by Gasteiger charge is 2.08. The Morgan fingerprint density at radius 1 is 1.24 bits per heavy atom. The van der Waals surface area contributed by atoms with Gasteiger partial charge < -0.3 is 9.47 Å². The number of nitrogens with zero attached hydrogens (tertiary/aromatic N) is 1. The van der Waals surface area contributed by atoms with Crippen LogP contribution in [0.2, 0.25) is 5.02 Å². The van der Waals surface area contributed by atoms with E-state index in [-0.39, 0.29) is 11.7 Å². The molecular weight excluding hydrogens is 428 g/mol. The molecule has 25 heavy (non-hydrogen) atoms. The van der Waals surface area contributed by atoms with E-state index in [0.29, 0.717) is 22.1 Å². The standard InChI is InChI=1S/C17H16BrClN2O3S/c1-23-15-8-16(24-2)14(18)7-11(15)9-20-21-17(22)10-25-13-5-3-12(19)4-6-13/h3-9H,10H2,1-2H3,(H,21,22)/b20-9-. The number of rotatable bonds is 7. The van der Waals surface area contributed by atoms with E-state index in [1.807, 2.05) is 12.1 Å². The highest BCUT2D eigenvalue weighted by Crippen LogP contribution is 2.31. The minimum Gasteiger partial charge on any atom is -0.496 e. The summed E-state index contributed by atoms with van der Waals surface area (Å²) in [6, 6.07) is 10.8. The molecule has 1 amide bonds. The Morgan fingerprint density at radius 2 is 1.92 bits per heavy atom. The van der Waals surface area contributed by atoms with E-state index in [1.165, 1.54) is 18.0 Å². The molecule has 0 aliphatic rings. The monoisotopic (exact) mass is 442 g/mol. The predicted molar refractivity (Wildman–Crippen MR) is 105 cm³/mol. The van der Waals surface area contributed by atoms with Crippen molar-refractivity contribution in [2.75, 3.05) is 20.0 Å². The van der Waals surface area contributed by atoms with Gasteiger partial charge in [-0.25, -0.2) is 5.43 Å². The van der Waals surface area contributed by atoms with Gasteiger partial charge in [-0.1, -0.05) is 11.6 Å². The van der Waals surface area contributed by atoms with Gasteiger partial charge in [0.05, 0.1) is 30.7 Å². The van der Waals surface area contributed by atoms with E-state index in [1.54, 1.807) is 38.5 Å². The van der Waals surface area contributed by atoms with Crippen LogP contribution in [0.15, 0.2) is 50.9 Å². The van der Waals surface area contributed by atoms with Gasteiger partial charge in [0.2, 0.25) is 5.91 Å². The minimum absolute atomic E-state index is 0.206. The molecule has 2 aromatic rings. The summed E-state index contributed by atoms with van der Waals surface area (Å²) in [5, 5.41) is 4.64. The fraction of sp³-hybridized carbons (Fsp3) is 0.176. The van der Waals surface area contributed by atoms with Crippen LogP contribution in [-0.2, 0) is 4.79 Å². The molecule has 132 valence electrons. The van der Waals surface area contributed by atoms with Gasteiger partial charge in [0, 0.05) is 21.5 Å². The van der Waals surface area contributed by atoms with Crippen molar-refractivity contribution in [1.29, 1.82) is 0 Å². The zero-order valence-corrected chi connectivity index (χ0v) is 16.7. The van der Waals surface area contributed by atoms with Crippen LogP contribution in [0, 0.1) is 0 Å². The van der Waals surface area contributed by atoms with Crippen molar-refractivity contribution >= 4 is 51.4 Å². The molecule has 0 radical (unpaired) electrons. The number of thioether (sulfide) groups is 1. The zero-order valence-electron chi connectivity index (χ0n) is 13.6. The summed E-state index contributed by atoms with van der Waals surface area (Å²) in [5.74, 6) is 1.29. The first-order chi connectivity index (χ1) is 12.0. The molecule has 8 heteroatoms. The Balaban J connectivity index is 1.92. The van der Waals surface area contributed by atoms with Gasteiger partial charge in [0.15, 0.2) is 0 Å². The van der Waals surface area contributed by atoms with E-state index in [9.17, 15) is 4.79 Å². The number of hydrogen-bond acceptors (Lipinski definition) is 5. The number of carbonyl (C=O) groups excluding carboxylic acids is 1. The second kappa shape index (κ2) is 9.70. The molecule has 2 aromatic carbocycles. The van der Waals surface area contributed by atoms with E-state index in [2.05, 4.69) is 26.5 Å². The highest BCUT2D eigenvalue weighted by atomic mass is 79.9. The molecule has 0 unspecified atom stereocenters. The summed E-state index contributed by atoms with van der Waals surface area (Å²) in [4.78, 5) is 12.8. The lowest BCUT2D eigenvalue weighted by Gasteiger charge is -2.09. The third-order valence-corrected chi connectivity index (χ3v) is 4.96.